The molecule has 3 aromatic carbocycles. The normalized spacial score (nSPS) is 12.8. The highest BCUT2D eigenvalue weighted by molar-refractivity contribution is 6.05. The molecule has 0 atom stereocenters. The average Bonchev–Trinajstić information content (AvgIpc) is 2.82. The Morgan fingerprint density at radius 3 is 2.32 bits per heavy atom. The van der Waals surface area contributed by atoms with E-state index >= 15 is 0 Å². The van der Waals surface area contributed by atoms with E-state index in [1.54, 1.807) is 24.1 Å². The number of hydrogen-bond acceptors (Lipinski definition) is 3. The summed E-state index contributed by atoms with van der Waals surface area (Å²) in [6.07, 6.45) is 0.873. The molecular weight excluding hydrogens is 388 g/mol. The molecule has 0 saturated carbocycles. The molecule has 1 aliphatic rings. The molecule has 0 spiro atoms. The van der Waals surface area contributed by atoms with Crippen molar-refractivity contribution in [2.24, 2.45) is 0 Å². The molecule has 2 amide bonds. The van der Waals surface area contributed by atoms with Gasteiger partial charge in [0.2, 0.25) is 0 Å². The van der Waals surface area contributed by atoms with E-state index in [0.717, 1.165) is 17.7 Å². The molecule has 0 radical (unpaired) electrons. The van der Waals surface area contributed by atoms with Crippen LogP contribution < -0.4 is 9.64 Å². The molecule has 158 valence electrons. The maximum Gasteiger partial charge on any atom is 0.260 e. The van der Waals surface area contributed by atoms with Crippen molar-refractivity contribution < 1.29 is 14.3 Å². The fourth-order valence-corrected chi connectivity index (χ4v) is 3.72. The van der Waals surface area contributed by atoms with Crippen LogP contribution in [0.5, 0.6) is 5.75 Å². The van der Waals surface area contributed by atoms with Gasteiger partial charge >= 0.3 is 0 Å². The van der Waals surface area contributed by atoms with Gasteiger partial charge < -0.3 is 14.5 Å². The molecule has 3 aromatic rings. The largest absolute Gasteiger partial charge is 0.484 e. The van der Waals surface area contributed by atoms with Crippen LogP contribution in [0.2, 0.25) is 0 Å². The molecule has 1 aliphatic heterocycles. The van der Waals surface area contributed by atoms with Crippen LogP contribution in [-0.2, 0) is 17.8 Å². The summed E-state index contributed by atoms with van der Waals surface area (Å²) >= 11 is 0. The predicted molar refractivity (Wildman–Crippen MR) is 121 cm³/mol. The summed E-state index contributed by atoms with van der Waals surface area (Å²) in [5.74, 6) is 0.505. The van der Waals surface area contributed by atoms with Crippen LogP contribution in [0.15, 0.2) is 72.8 Å². The zero-order valence-electron chi connectivity index (χ0n) is 17.9. The molecule has 0 aromatic heterocycles. The van der Waals surface area contributed by atoms with E-state index < -0.39 is 0 Å². The zero-order chi connectivity index (χ0) is 21.8. The third kappa shape index (κ3) is 4.77. The lowest BCUT2D eigenvalue weighted by Gasteiger charge is -2.28. The van der Waals surface area contributed by atoms with Gasteiger partial charge in [0.25, 0.3) is 11.8 Å². The lowest BCUT2D eigenvalue weighted by molar-refractivity contribution is -0.134. The number of anilines is 1. The first-order chi connectivity index (χ1) is 15.0. The van der Waals surface area contributed by atoms with Gasteiger partial charge in [-0.1, -0.05) is 42.0 Å². The minimum absolute atomic E-state index is 0.000347. The Morgan fingerprint density at radius 2 is 1.61 bits per heavy atom. The first-order valence-corrected chi connectivity index (χ1v) is 10.4. The molecule has 0 saturated heterocycles. The van der Waals surface area contributed by atoms with E-state index in [-0.39, 0.29) is 18.4 Å². The van der Waals surface area contributed by atoms with Crippen molar-refractivity contribution in [3.8, 4) is 5.75 Å². The molecule has 0 fully saturated rings. The second kappa shape index (κ2) is 9.04. The van der Waals surface area contributed by atoms with Gasteiger partial charge in [0.05, 0.1) is 0 Å². The zero-order valence-corrected chi connectivity index (χ0v) is 17.9. The van der Waals surface area contributed by atoms with Crippen LogP contribution in [0.4, 0.5) is 5.69 Å². The first-order valence-electron chi connectivity index (χ1n) is 10.4. The van der Waals surface area contributed by atoms with Gasteiger partial charge in [0, 0.05) is 31.4 Å². The molecule has 1 heterocycles. The van der Waals surface area contributed by atoms with E-state index in [9.17, 15) is 9.59 Å². The second-order valence-corrected chi connectivity index (χ2v) is 7.85. The molecule has 5 nitrogen and oxygen atoms in total. The number of carbonyl (C=O) groups excluding carboxylic acids is 2. The first kappa shape index (κ1) is 20.7. The smallest absolute Gasteiger partial charge is 0.260 e. The monoisotopic (exact) mass is 414 g/mol. The quantitative estimate of drug-likeness (QED) is 0.628. The fraction of sp³-hybridized carbons (Fsp3) is 0.231. The lowest BCUT2D eigenvalue weighted by atomic mass is 10.00. The summed E-state index contributed by atoms with van der Waals surface area (Å²) in [5, 5.41) is 0. The number of hydrogen-bond donors (Lipinski definition) is 0. The number of fused-ring (bicyclic) bond motifs is 1. The van der Waals surface area contributed by atoms with Crippen molar-refractivity contribution in [2.75, 3.05) is 25.1 Å². The Bertz CT molecular complexity index is 1070. The number of benzene rings is 3. The highest BCUT2D eigenvalue weighted by Gasteiger charge is 2.20. The topological polar surface area (TPSA) is 49.9 Å². The summed E-state index contributed by atoms with van der Waals surface area (Å²) < 4.78 is 5.71. The van der Waals surface area contributed by atoms with E-state index in [4.69, 9.17) is 4.74 Å². The Kier molecular flexibility index (Phi) is 6.03. The molecule has 31 heavy (non-hydrogen) atoms. The Morgan fingerprint density at radius 1 is 0.935 bits per heavy atom. The summed E-state index contributed by atoms with van der Waals surface area (Å²) in [7, 11) is 1.75. The highest BCUT2D eigenvalue weighted by atomic mass is 16.5. The Balaban J connectivity index is 1.33. The van der Waals surface area contributed by atoms with Crippen molar-refractivity contribution in [2.45, 2.75) is 19.9 Å². The molecule has 0 unspecified atom stereocenters. The van der Waals surface area contributed by atoms with Gasteiger partial charge in [-0.05, 0) is 60.9 Å². The molecule has 4 rings (SSSR count). The molecule has 5 heteroatoms. The third-order valence-corrected chi connectivity index (χ3v) is 5.67. The average molecular weight is 415 g/mol. The van der Waals surface area contributed by atoms with Crippen molar-refractivity contribution in [3.05, 3.63) is 95.1 Å². The van der Waals surface area contributed by atoms with Crippen LogP contribution in [0, 0.1) is 6.92 Å². The summed E-state index contributed by atoms with van der Waals surface area (Å²) in [6, 6.07) is 23.0. The molecule has 0 N–H and O–H groups in total. The highest BCUT2D eigenvalue weighted by Crippen LogP contribution is 2.22. The number of amides is 2. The Labute approximate surface area is 182 Å². The number of rotatable bonds is 5. The van der Waals surface area contributed by atoms with Gasteiger partial charge in [0.1, 0.15) is 5.75 Å². The van der Waals surface area contributed by atoms with Crippen LogP contribution in [0.25, 0.3) is 0 Å². The summed E-state index contributed by atoms with van der Waals surface area (Å²) in [4.78, 5) is 28.7. The van der Waals surface area contributed by atoms with Crippen LogP contribution in [0.1, 0.15) is 27.0 Å². The lowest BCUT2D eigenvalue weighted by Crippen LogP contribution is -2.38. The van der Waals surface area contributed by atoms with Crippen molar-refractivity contribution in [1.82, 2.24) is 4.90 Å². The van der Waals surface area contributed by atoms with Crippen LogP contribution in [-0.4, -0.2) is 36.9 Å². The van der Waals surface area contributed by atoms with Gasteiger partial charge in [-0.2, -0.15) is 0 Å². The van der Waals surface area contributed by atoms with Crippen LogP contribution in [0.3, 0.4) is 0 Å². The second-order valence-electron chi connectivity index (χ2n) is 7.85. The van der Waals surface area contributed by atoms with Gasteiger partial charge in [0.15, 0.2) is 6.61 Å². The fourth-order valence-electron chi connectivity index (χ4n) is 3.72. The van der Waals surface area contributed by atoms with E-state index in [0.29, 0.717) is 24.4 Å². The predicted octanol–water partition coefficient (Wildman–Crippen LogP) is 4.24. The van der Waals surface area contributed by atoms with Crippen molar-refractivity contribution in [1.29, 1.82) is 0 Å². The molecular formula is C26H26N2O3. The molecule has 0 aliphatic carbocycles. The number of aryl methyl sites for hydroxylation is 1. The standard InChI is InChI=1S/C26H26N2O3/c1-19-7-9-21(10-8-19)26(30)27(2)23-11-13-24(14-12-23)31-18-25(29)28-16-15-20-5-3-4-6-22(20)17-28/h3-14H,15-18H2,1-2H3. The maximum absolute atomic E-state index is 12.7. The Hall–Kier alpha value is -3.60. The SMILES string of the molecule is Cc1ccc(C(=O)N(C)c2ccc(OCC(=O)N3CCc4ccccc4C3)cc2)cc1. The minimum Gasteiger partial charge on any atom is -0.484 e. The summed E-state index contributed by atoms with van der Waals surface area (Å²) in [5.41, 5.74) is 5.03. The van der Waals surface area contributed by atoms with Gasteiger partial charge in [-0.15, -0.1) is 0 Å². The number of ether oxygens (including phenoxy) is 1. The van der Waals surface area contributed by atoms with Crippen LogP contribution >= 0.6 is 0 Å². The number of carbonyl (C=O) groups is 2. The van der Waals surface area contributed by atoms with E-state index in [2.05, 4.69) is 12.1 Å². The summed E-state index contributed by atoms with van der Waals surface area (Å²) in [6.45, 7) is 3.33. The van der Waals surface area contributed by atoms with Gasteiger partial charge in [-0.3, -0.25) is 9.59 Å². The maximum atomic E-state index is 12.7. The van der Waals surface area contributed by atoms with E-state index in [1.807, 2.05) is 60.4 Å². The third-order valence-electron chi connectivity index (χ3n) is 5.67. The van der Waals surface area contributed by atoms with E-state index in [1.165, 1.54) is 11.1 Å². The van der Waals surface area contributed by atoms with Gasteiger partial charge in [-0.25, -0.2) is 0 Å². The minimum atomic E-state index is -0.0748. The molecule has 0 bridgehead atoms. The number of nitrogens with zero attached hydrogens (tertiary/aromatic N) is 2. The van der Waals surface area contributed by atoms with Crippen molar-refractivity contribution >= 4 is 17.5 Å². The van der Waals surface area contributed by atoms with Crippen molar-refractivity contribution in [3.63, 3.8) is 0 Å².